The fraction of sp³-hybridized carbons (Fsp3) is 0.467. The molecule has 7 heteroatoms. The lowest BCUT2D eigenvalue weighted by molar-refractivity contribution is -0.148. The molecule has 0 spiro atoms. The summed E-state index contributed by atoms with van der Waals surface area (Å²) in [4.78, 5) is 25.4. The van der Waals surface area contributed by atoms with Crippen LogP contribution >= 0.6 is 23.2 Å². The van der Waals surface area contributed by atoms with E-state index in [2.05, 4.69) is 0 Å². The number of carboxylic acid groups (broad SMARTS) is 1. The van der Waals surface area contributed by atoms with Gasteiger partial charge in [-0.25, -0.2) is 4.79 Å². The molecular formula is C15H17Cl2NO4. The summed E-state index contributed by atoms with van der Waals surface area (Å²) in [7, 11) is 1.51. The number of ether oxygens (including phenoxy) is 1. The van der Waals surface area contributed by atoms with Gasteiger partial charge in [0.25, 0.3) is 0 Å². The van der Waals surface area contributed by atoms with Crippen molar-refractivity contribution in [1.29, 1.82) is 0 Å². The molecule has 22 heavy (non-hydrogen) atoms. The highest BCUT2D eigenvalue weighted by Gasteiger charge is 2.41. The maximum absolute atomic E-state index is 12.6. The minimum Gasteiger partial charge on any atom is -0.480 e. The minimum absolute atomic E-state index is 0.258. The summed E-state index contributed by atoms with van der Waals surface area (Å²) >= 11 is 11.8. The van der Waals surface area contributed by atoms with E-state index in [1.54, 1.807) is 25.1 Å². The summed E-state index contributed by atoms with van der Waals surface area (Å²) in [6.45, 7) is 2.00. The molecule has 0 bridgehead atoms. The van der Waals surface area contributed by atoms with Crippen LogP contribution in [-0.4, -0.2) is 47.7 Å². The first-order valence-corrected chi connectivity index (χ1v) is 7.61. The third-order valence-electron chi connectivity index (χ3n) is 3.98. The Hall–Kier alpha value is -1.30. The van der Waals surface area contributed by atoms with Gasteiger partial charge in [-0.15, -0.1) is 0 Å². The van der Waals surface area contributed by atoms with Gasteiger partial charge in [0, 0.05) is 20.1 Å². The number of carboxylic acids is 1. The van der Waals surface area contributed by atoms with Crippen LogP contribution in [0.4, 0.5) is 0 Å². The van der Waals surface area contributed by atoms with E-state index in [4.69, 9.17) is 27.9 Å². The molecule has 1 saturated heterocycles. The number of rotatable bonds is 4. The number of carbonyl (C=O) groups excluding carboxylic acids is 1. The number of aliphatic carboxylic acids is 1. The zero-order chi connectivity index (χ0) is 16.4. The van der Waals surface area contributed by atoms with Crippen molar-refractivity contribution in [3.05, 3.63) is 33.8 Å². The Balaban J connectivity index is 2.21. The third-order valence-corrected chi connectivity index (χ3v) is 4.72. The van der Waals surface area contributed by atoms with E-state index >= 15 is 0 Å². The van der Waals surface area contributed by atoms with Crippen molar-refractivity contribution in [2.24, 2.45) is 0 Å². The maximum atomic E-state index is 12.6. The number of carbonyl (C=O) groups is 2. The van der Waals surface area contributed by atoms with Gasteiger partial charge >= 0.3 is 5.97 Å². The number of benzene rings is 1. The molecule has 0 aliphatic carbocycles. The summed E-state index contributed by atoms with van der Waals surface area (Å²) < 4.78 is 5.20. The molecule has 1 aromatic rings. The van der Waals surface area contributed by atoms with Crippen LogP contribution in [0.15, 0.2) is 18.2 Å². The number of halogens is 2. The van der Waals surface area contributed by atoms with Gasteiger partial charge in [0.05, 0.1) is 22.1 Å². The molecule has 1 aliphatic heterocycles. The lowest BCUT2D eigenvalue weighted by atomic mass is 9.99. The highest BCUT2D eigenvalue weighted by Crippen LogP contribution is 2.30. The van der Waals surface area contributed by atoms with E-state index in [1.807, 2.05) is 0 Å². The fourth-order valence-corrected chi connectivity index (χ4v) is 2.93. The van der Waals surface area contributed by atoms with Gasteiger partial charge in [-0.05, 0) is 24.6 Å². The van der Waals surface area contributed by atoms with E-state index in [-0.39, 0.29) is 18.6 Å². The Morgan fingerprint density at radius 3 is 2.59 bits per heavy atom. The first kappa shape index (κ1) is 17.1. The van der Waals surface area contributed by atoms with Crippen LogP contribution in [0.5, 0.6) is 0 Å². The molecule has 2 rings (SSSR count). The summed E-state index contributed by atoms with van der Waals surface area (Å²) in [6.07, 6.45) is 0.0390. The average molecular weight is 346 g/mol. The Kier molecular flexibility index (Phi) is 5.32. The van der Waals surface area contributed by atoms with Gasteiger partial charge in [0.1, 0.15) is 6.04 Å². The molecular weight excluding hydrogens is 329 g/mol. The highest BCUT2D eigenvalue weighted by atomic mass is 35.5. The van der Waals surface area contributed by atoms with Crippen molar-refractivity contribution in [3.63, 3.8) is 0 Å². The first-order chi connectivity index (χ1) is 10.3. The predicted molar refractivity (Wildman–Crippen MR) is 83.4 cm³/mol. The molecule has 1 aromatic carbocycles. The Morgan fingerprint density at radius 2 is 2.05 bits per heavy atom. The van der Waals surface area contributed by atoms with E-state index in [9.17, 15) is 14.7 Å². The standard InChI is InChI=1S/C15H17Cl2NO4/c1-8(9-3-4-11(16)12(17)5-9)14(19)18-7-10(22-2)6-13(18)15(20)21/h3-5,8,10,13H,6-7H2,1-2H3,(H,20,21). The fourth-order valence-electron chi connectivity index (χ4n) is 2.62. The Bertz CT molecular complexity index is 593. The molecule has 3 atom stereocenters. The summed E-state index contributed by atoms with van der Waals surface area (Å²) in [6, 6.07) is 4.12. The summed E-state index contributed by atoms with van der Waals surface area (Å²) in [5.74, 6) is -1.79. The molecule has 3 unspecified atom stereocenters. The largest absolute Gasteiger partial charge is 0.480 e. The molecule has 0 aromatic heterocycles. The van der Waals surface area contributed by atoms with E-state index < -0.39 is 17.9 Å². The topological polar surface area (TPSA) is 66.8 Å². The lowest BCUT2D eigenvalue weighted by Gasteiger charge is -2.25. The minimum atomic E-state index is -1.02. The number of methoxy groups -OCH3 is 1. The van der Waals surface area contributed by atoms with Crippen molar-refractivity contribution in [3.8, 4) is 0 Å². The normalized spacial score (nSPS) is 22.6. The SMILES string of the molecule is COC1CC(C(=O)O)N(C(=O)C(C)c2ccc(Cl)c(Cl)c2)C1. The van der Waals surface area contributed by atoms with Crippen molar-refractivity contribution >= 4 is 35.1 Å². The van der Waals surface area contributed by atoms with E-state index in [0.717, 1.165) is 0 Å². The second kappa shape index (κ2) is 6.86. The van der Waals surface area contributed by atoms with Gasteiger partial charge in [0.2, 0.25) is 5.91 Å². The van der Waals surface area contributed by atoms with Crippen LogP contribution in [0, 0.1) is 0 Å². The van der Waals surface area contributed by atoms with E-state index in [1.165, 1.54) is 12.0 Å². The van der Waals surface area contributed by atoms with Crippen LogP contribution < -0.4 is 0 Å². The second-order valence-electron chi connectivity index (χ2n) is 5.33. The Labute approximate surface area is 138 Å². The van der Waals surface area contributed by atoms with Crippen molar-refractivity contribution in [2.45, 2.75) is 31.4 Å². The van der Waals surface area contributed by atoms with Crippen molar-refractivity contribution < 1.29 is 19.4 Å². The zero-order valence-electron chi connectivity index (χ0n) is 12.3. The van der Waals surface area contributed by atoms with Gasteiger partial charge in [0.15, 0.2) is 0 Å². The van der Waals surface area contributed by atoms with Crippen LogP contribution in [0.1, 0.15) is 24.8 Å². The quantitative estimate of drug-likeness (QED) is 0.910. The maximum Gasteiger partial charge on any atom is 0.326 e. The number of nitrogens with zero attached hydrogens (tertiary/aromatic N) is 1. The molecule has 0 radical (unpaired) electrons. The van der Waals surface area contributed by atoms with Gasteiger partial charge < -0.3 is 14.7 Å². The first-order valence-electron chi connectivity index (χ1n) is 6.86. The molecule has 1 heterocycles. The number of amides is 1. The van der Waals surface area contributed by atoms with Crippen molar-refractivity contribution in [1.82, 2.24) is 4.90 Å². The predicted octanol–water partition coefficient (Wildman–Crippen LogP) is 2.80. The van der Waals surface area contributed by atoms with Crippen LogP contribution in [0.25, 0.3) is 0 Å². The van der Waals surface area contributed by atoms with Crippen LogP contribution in [-0.2, 0) is 14.3 Å². The summed E-state index contributed by atoms with van der Waals surface area (Å²) in [5, 5.41) is 10.1. The van der Waals surface area contributed by atoms with Crippen molar-refractivity contribution in [2.75, 3.05) is 13.7 Å². The molecule has 120 valence electrons. The van der Waals surface area contributed by atoms with Gasteiger partial charge in [-0.2, -0.15) is 0 Å². The molecule has 1 fully saturated rings. The monoisotopic (exact) mass is 345 g/mol. The average Bonchev–Trinajstić information content (AvgIpc) is 2.93. The number of likely N-dealkylation sites (tertiary alicyclic amines) is 1. The highest BCUT2D eigenvalue weighted by molar-refractivity contribution is 6.42. The van der Waals surface area contributed by atoms with E-state index in [0.29, 0.717) is 22.0 Å². The Morgan fingerprint density at radius 1 is 1.36 bits per heavy atom. The third kappa shape index (κ3) is 3.37. The zero-order valence-corrected chi connectivity index (χ0v) is 13.8. The van der Waals surface area contributed by atoms with Crippen LogP contribution in [0.2, 0.25) is 10.0 Å². The molecule has 0 saturated carbocycles. The molecule has 1 N–H and O–H groups in total. The van der Waals surface area contributed by atoms with Gasteiger partial charge in [-0.3, -0.25) is 4.79 Å². The lowest BCUT2D eigenvalue weighted by Crippen LogP contribution is -2.42. The molecule has 5 nitrogen and oxygen atoms in total. The summed E-state index contributed by atoms with van der Waals surface area (Å²) in [5.41, 5.74) is 0.699. The molecule has 1 amide bonds. The number of hydrogen-bond acceptors (Lipinski definition) is 3. The molecule has 1 aliphatic rings. The number of hydrogen-bond donors (Lipinski definition) is 1. The second-order valence-corrected chi connectivity index (χ2v) is 6.15. The van der Waals surface area contributed by atoms with Crippen LogP contribution in [0.3, 0.4) is 0 Å². The smallest absolute Gasteiger partial charge is 0.326 e. The van der Waals surface area contributed by atoms with Gasteiger partial charge in [-0.1, -0.05) is 29.3 Å².